The Balaban J connectivity index is 1.65. The maximum absolute atomic E-state index is 14.8. The molecule has 1 atom stereocenters. The smallest absolute Gasteiger partial charge is 0.231 e. The van der Waals surface area contributed by atoms with Gasteiger partial charge in [0, 0.05) is 25.2 Å². The van der Waals surface area contributed by atoms with Crippen LogP contribution in [0.1, 0.15) is 18.4 Å². The number of halogens is 2. The SMILES string of the molecule is NC(=O)CN1CCNC(N/C(NC=NC2CC2)=C(\F)C=NCc2ccccc2F)C1. The van der Waals surface area contributed by atoms with Crippen molar-refractivity contribution in [2.75, 3.05) is 26.2 Å². The van der Waals surface area contributed by atoms with E-state index in [1.807, 2.05) is 4.90 Å². The largest absolute Gasteiger partial charge is 0.369 e. The molecule has 0 bridgehead atoms. The monoisotopic (exact) mass is 419 g/mol. The number of nitrogens with zero attached hydrogens (tertiary/aromatic N) is 3. The number of piperazine rings is 1. The van der Waals surface area contributed by atoms with Gasteiger partial charge in [0.05, 0.1) is 37.9 Å². The summed E-state index contributed by atoms with van der Waals surface area (Å²) in [5, 5.41) is 9.11. The molecule has 0 radical (unpaired) electrons. The van der Waals surface area contributed by atoms with Gasteiger partial charge in [-0.15, -0.1) is 0 Å². The van der Waals surface area contributed by atoms with Crippen LogP contribution in [-0.2, 0) is 11.3 Å². The van der Waals surface area contributed by atoms with Gasteiger partial charge in [-0.2, -0.15) is 0 Å². The third kappa shape index (κ3) is 7.20. The Morgan fingerprint density at radius 1 is 1.37 bits per heavy atom. The lowest BCUT2D eigenvalue weighted by Crippen LogP contribution is -2.58. The summed E-state index contributed by atoms with van der Waals surface area (Å²) in [5.74, 6) is -1.34. The summed E-state index contributed by atoms with van der Waals surface area (Å²) < 4.78 is 28.5. The first kappa shape index (κ1) is 21.8. The topological polar surface area (TPSA) is 107 Å². The molecule has 10 heteroatoms. The van der Waals surface area contributed by atoms with Crippen LogP contribution >= 0.6 is 0 Å². The summed E-state index contributed by atoms with van der Waals surface area (Å²) in [6.45, 7) is 1.92. The van der Waals surface area contributed by atoms with Crippen LogP contribution in [0.2, 0.25) is 0 Å². The molecule has 1 heterocycles. The van der Waals surface area contributed by atoms with E-state index in [1.165, 1.54) is 12.4 Å². The van der Waals surface area contributed by atoms with E-state index in [0.717, 1.165) is 19.1 Å². The van der Waals surface area contributed by atoms with E-state index in [9.17, 15) is 13.6 Å². The standard InChI is InChI=1S/C20H27F2N7O/c21-16-4-2-1-3-14(16)9-24-10-17(22)20(27-13-26-15-5-6-15)28-19-12-29(8-7-25-19)11-18(23)30/h1-4,10,13,15,19,25,28H,5-9,11-12H2,(H2,23,30)(H,26,27)/b20-17-,24-10?. The van der Waals surface area contributed by atoms with E-state index < -0.39 is 11.7 Å². The molecule has 162 valence electrons. The van der Waals surface area contributed by atoms with Gasteiger partial charge in [-0.25, -0.2) is 8.78 Å². The van der Waals surface area contributed by atoms with Crippen molar-refractivity contribution in [1.29, 1.82) is 0 Å². The highest BCUT2D eigenvalue weighted by Gasteiger charge is 2.22. The molecule has 1 unspecified atom stereocenters. The van der Waals surface area contributed by atoms with E-state index in [2.05, 4.69) is 25.9 Å². The van der Waals surface area contributed by atoms with Gasteiger partial charge < -0.3 is 16.4 Å². The number of carbonyl (C=O) groups excluding carboxylic acids is 1. The zero-order valence-corrected chi connectivity index (χ0v) is 16.7. The molecule has 5 N–H and O–H groups in total. The maximum Gasteiger partial charge on any atom is 0.231 e. The van der Waals surface area contributed by atoms with Crippen molar-refractivity contribution in [3.05, 3.63) is 47.3 Å². The van der Waals surface area contributed by atoms with Gasteiger partial charge in [-0.05, 0) is 18.9 Å². The first-order chi connectivity index (χ1) is 14.5. The summed E-state index contributed by atoms with van der Waals surface area (Å²) in [6.07, 6.45) is 4.28. The van der Waals surface area contributed by atoms with Gasteiger partial charge in [0.15, 0.2) is 5.83 Å². The number of nitrogens with one attached hydrogen (secondary N) is 3. The number of hydrogen-bond acceptors (Lipinski definition) is 6. The fourth-order valence-corrected chi connectivity index (χ4v) is 2.97. The normalized spacial score (nSPS) is 21.1. The molecule has 8 nitrogen and oxygen atoms in total. The number of amides is 1. The Morgan fingerprint density at radius 3 is 2.90 bits per heavy atom. The van der Waals surface area contributed by atoms with Crippen LogP contribution in [0.5, 0.6) is 0 Å². The van der Waals surface area contributed by atoms with Crippen LogP contribution in [0.25, 0.3) is 0 Å². The van der Waals surface area contributed by atoms with Gasteiger partial charge >= 0.3 is 0 Å². The number of allylic oxidation sites excluding steroid dienone is 1. The third-order valence-corrected chi connectivity index (χ3v) is 4.66. The quantitative estimate of drug-likeness (QED) is 0.329. The van der Waals surface area contributed by atoms with E-state index in [0.29, 0.717) is 25.2 Å². The number of carbonyl (C=O) groups is 1. The van der Waals surface area contributed by atoms with Crippen molar-refractivity contribution in [1.82, 2.24) is 20.9 Å². The molecular formula is C20H27F2N7O. The lowest BCUT2D eigenvalue weighted by Gasteiger charge is -2.34. The van der Waals surface area contributed by atoms with Crippen LogP contribution in [0.3, 0.4) is 0 Å². The maximum atomic E-state index is 14.8. The van der Waals surface area contributed by atoms with Crippen molar-refractivity contribution in [2.24, 2.45) is 15.7 Å². The Kier molecular flexibility index (Phi) is 7.86. The first-order valence-corrected chi connectivity index (χ1v) is 9.93. The molecule has 0 spiro atoms. The lowest BCUT2D eigenvalue weighted by atomic mass is 10.2. The highest BCUT2D eigenvalue weighted by Crippen LogP contribution is 2.22. The fourth-order valence-electron chi connectivity index (χ4n) is 2.97. The van der Waals surface area contributed by atoms with Gasteiger partial charge in [0.25, 0.3) is 0 Å². The van der Waals surface area contributed by atoms with Gasteiger partial charge in [-0.1, -0.05) is 18.2 Å². The van der Waals surface area contributed by atoms with Gasteiger partial charge in [-0.3, -0.25) is 25.0 Å². The zero-order valence-electron chi connectivity index (χ0n) is 16.7. The number of aliphatic imine (C=N–C) groups is 2. The van der Waals surface area contributed by atoms with Crippen LogP contribution < -0.4 is 21.7 Å². The molecule has 1 aliphatic carbocycles. The summed E-state index contributed by atoms with van der Waals surface area (Å²) in [4.78, 5) is 21.4. The predicted octanol–water partition coefficient (Wildman–Crippen LogP) is 0.622. The van der Waals surface area contributed by atoms with E-state index in [1.54, 1.807) is 18.2 Å². The molecule has 1 aliphatic heterocycles. The highest BCUT2D eigenvalue weighted by atomic mass is 19.1. The minimum atomic E-state index is -0.637. The van der Waals surface area contributed by atoms with Crippen molar-refractivity contribution in [3.63, 3.8) is 0 Å². The number of primary amides is 1. The summed E-state index contributed by atoms with van der Waals surface area (Å²) in [6, 6.07) is 6.53. The third-order valence-electron chi connectivity index (χ3n) is 4.66. The molecule has 1 saturated heterocycles. The minimum Gasteiger partial charge on any atom is -0.369 e. The van der Waals surface area contributed by atoms with Crippen LogP contribution in [-0.4, -0.2) is 61.7 Å². The second-order valence-corrected chi connectivity index (χ2v) is 7.29. The molecule has 1 saturated carbocycles. The Hall–Kier alpha value is -2.85. The molecule has 2 aliphatic rings. The first-order valence-electron chi connectivity index (χ1n) is 9.93. The van der Waals surface area contributed by atoms with Crippen molar-refractivity contribution >= 4 is 18.5 Å². The average Bonchev–Trinajstić information content (AvgIpc) is 3.53. The van der Waals surface area contributed by atoms with E-state index in [-0.39, 0.29) is 36.9 Å². The van der Waals surface area contributed by atoms with E-state index >= 15 is 0 Å². The minimum absolute atomic E-state index is 0.0254. The molecule has 1 aromatic carbocycles. The summed E-state index contributed by atoms with van der Waals surface area (Å²) >= 11 is 0. The fraction of sp³-hybridized carbons (Fsp3) is 0.450. The Bertz CT molecular complexity index is 823. The highest BCUT2D eigenvalue weighted by molar-refractivity contribution is 5.77. The lowest BCUT2D eigenvalue weighted by molar-refractivity contribution is -0.119. The van der Waals surface area contributed by atoms with Crippen LogP contribution in [0, 0.1) is 5.82 Å². The second-order valence-electron chi connectivity index (χ2n) is 7.29. The van der Waals surface area contributed by atoms with Gasteiger partial charge in [0.2, 0.25) is 5.91 Å². The predicted molar refractivity (Wildman–Crippen MR) is 112 cm³/mol. The summed E-state index contributed by atoms with van der Waals surface area (Å²) in [5.41, 5.74) is 5.65. The molecular weight excluding hydrogens is 392 g/mol. The zero-order chi connectivity index (χ0) is 21.3. The number of nitrogens with two attached hydrogens (primary N) is 1. The Morgan fingerprint density at radius 2 is 2.17 bits per heavy atom. The van der Waals surface area contributed by atoms with Crippen molar-refractivity contribution < 1.29 is 13.6 Å². The number of hydrogen-bond donors (Lipinski definition) is 4. The van der Waals surface area contributed by atoms with Crippen LogP contribution in [0.4, 0.5) is 8.78 Å². The molecule has 0 aromatic heterocycles. The van der Waals surface area contributed by atoms with Gasteiger partial charge in [0.1, 0.15) is 11.6 Å². The number of rotatable bonds is 10. The van der Waals surface area contributed by atoms with E-state index in [4.69, 9.17) is 5.73 Å². The number of benzene rings is 1. The Labute approximate surface area is 174 Å². The van der Waals surface area contributed by atoms with Crippen molar-refractivity contribution in [2.45, 2.75) is 31.6 Å². The summed E-state index contributed by atoms with van der Waals surface area (Å²) in [7, 11) is 0. The van der Waals surface area contributed by atoms with Crippen LogP contribution in [0.15, 0.2) is 45.9 Å². The molecule has 3 rings (SSSR count). The second kappa shape index (κ2) is 10.8. The van der Waals surface area contributed by atoms with Crippen molar-refractivity contribution in [3.8, 4) is 0 Å². The molecule has 1 amide bonds. The molecule has 30 heavy (non-hydrogen) atoms. The average molecular weight is 419 g/mol. The molecule has 2 fully saturated rings. The molecule has 1 aromatic rings.